The summed E-state index contributed by atoms with van der Waals surface area (Å²) in [5, 5.41) is 1.71. The van der Waals surface area contributed by atoms with Gasteiger partial charge in [0.25, 0.3) is 5.91 Å². The van der Waals surface area contributed by atoms with Gasteiger partial charge in [0, 0.05) is 48.9 Å². The molecule has 2 amide bonds. The van der Waals surface area contributed by atoms with Crippen molar-refractivity contribution in [2.75, 3.05) is 47.1 Å². The molecule has 0 atom stereocenters. The lowest BCUT2D eigenvalue weighted by Gasteiger charge is -2.28. The number of hydrogen-bond donors (Lipinski definition) is 1. The van der Waals surface area contributed by atoms with Crippen LogP contribution in [0, 0.1) is 0 Å². The van der Waals surface area contributed by atoms with E-state index in [0.29, 0.717) is 36.9 Å². The Morgan fingerprint density at radius 1 is 0.850 bits per heavy atom. The Hall–Kier alpha value is -4.01. The molecular formula is C31H34ClN3O5. The van der Waals surface area contributed by atoms with E-state index in [1.54, 1.807) is 43.4 Å². The highest BCUT2D eigenvalue weighted by Crippen LogP contribution is 2.20. The monoisotopic (exact) mass is 563 g/mol. The van der Waals surface area contributed by atoms with Gasteiger partial charge in [0.05, 0.1) is 20.3 Å². The quantitative estimate of drug-likeness (QED) is 0.234. The minimum Gasteiger partial charge on any atom is -0.497 e. The second-order valence-electron chi connectivity index (χ2n) is 9.32. The van der Waals surface area contributed by atoms with E-state index < -0.39 is 0 Å². The fourth-order valence-corrected chi connectivity index (χ4v) is 4.49. The zero-order valence-corrected chi connectivity index (χ0v) is 23.5. The van der Waals surface area contributed by atoms with Crippen LogP contribution in [0.2, 0.25) is 5.02 Å². The highest BCUT2D eigenvalue weighted by atomic mass is 35.5. The van der Waals surface area contributed by atoms with Crippen LogP contribution in [0.5, 0.6) is 11.5 Å². The molecule has 0 saturated carbocycles. The summed E-state index contributed by atoms with van der Waals surface area (Å²) in [4.78, 5) is 33.4. The summed E-state index contributed by atoms with van der Waals surface area (Å²) in [6.45, 7) is 1.17. The molecule has 4 rings (SSSR count). The standard InChI is InChI=1S/C31H34ClN3O5/c1-38-18-17-35(31(37)22-40-27-13-9-25(32)10-14-27)21-30(36)34(20-23-7-11-26(39-2)12-8-23)16-15-24-19-33-29-6-4-3-5-28(24)29/h3-14,19,33H,15-18,20-22H2,1-2H3. The van der Waals surface area contributed by atoms with Gasteiger partial charge in [-0.05, 0) is 60.0 Å². The van der Waals surface area contributed by atoms with Crippen LogP contribution in [0.1, 0.15) is 11.1 Å². The highest BCUT2D eigenvalue weighted by molar-refractivity contribution is 6.30. The van der Waals surface area contributed by atoms with Crippen LogP contribution in [0.25, 0.3) is 10.9 Å². The molecule has 9 heteroatoms. The van der Waals surface area contributed by atoms with Gasteiger partial charge in [-0.15, -0.1) is 0 Å². The maximum Gasteiger partial charge on any atom is 0.261 e. The summed E-state index contributed by atoms with van der Waals surface area (Å²) in [6, 6.07) is 22.5. The number of para-hydroxylation sites is 1. The van der Waals surface area contributed by atoms with Crippen LogP contribution in [0.3, 0.4) is 0 Å². The fourth-order valence-electron chi connectivity index (χ4n) is 4.36. The van der Waals surface area contributed by atoms with E-state index in [0.717, 1.165) is 27.8 Å². The molecule has 40 heavy (non-hydrogen) atoms. The van der Waals surface area contributed by atoms with E-state index in [1.165, 1.54) is 4.90 Å². The van der Waals surface area contributed by atoms with Crippen molar-refractivity contribution in [3.05, 3.63) is 95.1 Å². The smallest absolute Gasteiger partial charge is 0.261 e. The van der Waals surface area contributed by atoms with Gasteiger partial charge in [0.2, 0.25) is 5.91 Å². The van der Waals surface area contributed by atoms with Crippen molar-refractivity contribution in [1.82, 2.24) is 14.8 Å². The van der Waals surface area contributed by atoms with Crippen LogP contribution >= 0.6 is 11.6 Å². The zero-order chi connectivity index (χ0) is 28.3. The maximum atomic E-state index is 13.7. The number of aromatic amines is 1. The fraction of sp³-hybridized carbons (Fsp3) is 0.290. The lowest BCUT2D eigenvalue weighted by atomic mass is 10.1. The van der Waals surface area contributed by atoms with Gasteiger partial charge < -0.3 is 29.0 Å². The third-order valence-electron chi connectivity index (χ3n) is 6.63. The summed E-state index contributed by atoms with van der Waals surface area (Å²) in [6.07, 6.45) is 2.65. The van der Waals surface area contributed by atoms with E-state index in [-0.39, 0.29) is 31.5 Å². The highest BCUT2D eigenvalue weighted by Gasteiger charge is 2.22. The SMILES string of the molecule is COCCN(CC(=O)N(CCc1c[nH]c2ccccc12)Cc1ccc(OC)cc1)C(=O)COc1ccc(Cl)cc1. The van der Waals surface area contributed by atoms with Crippen molar-refractivity contribution in [1.29, 1.82) is 0 Å². The number of hydrogen-bond acceptors (Lipinski definition) is 5. The molecule has 4 aromatic rings. The number of nitrogens with zero attached hydrogens (tertiary/aromatic N) is 2. The Balaban J connectivity index is 1.47. The molecule has 1 aromatic heterocycles. The number of ether oxygens (including phenoxy) is 3. The number of benzene rings is 3. The zero-order valence-electron chi connectivity index (χ0n) is 22.8. The number of H-pyrrole nitrogens is 1. The molecule has 210 valence electrons. The summed E-state index contributed by atoms with van der Waals surface area (Å²) in [7, 11) is 3.18. The van der Waals surface area contributed by atoms with Crippen LogP contribution in [-0.4, -0.2) is 73.7 Å². The van der Waals surface area contributed by atoms with E-state index in [9.17, 15) is 9.59 Å². The van der Waals surface area contributed by atoms with Crippen LogP contribution < -0.4 is 9.47 Å². The molecular weight excluding hydrogens is 530 g/mol. The number of methoxy groups -OCH3 is 2. The largest absolute Gasteiger partial charge is 0.497 e. The first-order valence-corrected chi connectivity index (χ1v) is 13.5. The molecule has 3 aromatic carbocycles. The second-order valence-corrected chi connectivity index (χ2v) is 9.76. The van der Waals surface area contributed by atoms with Crippen molar-refractivity contribution in [3.8, 4) is 11.5 Å². The average Bonchev–Trinajstić information content (AvgIpc) is 3.40. The topological polar surface area (TPSA) is 84.1 Å². The van der Waals surface area contributed by atoms with Crippen molar-refractivity contribution in [2.24, 2.45) is 0 Å². The number of aromatic nitrogens is 1. The number of rotatable bonds is 14. The Labute approximate surface area is 239 Å². The molecule has 0 aliphatic carbocycles. The Kier molecular flexibility index (Phi) is 10.4. The van der Waals surface area contributed by atoms with E-state index in [1.807, 2.05) is 48.7 Å². The summed E-state index contributed by atoms with van der Waals surface area (Å²) >= 11 is 5.93. The molecule has 8 nitrogen and oxygen atoms in total. The molecule has 0 radical (unpaired) electrons. The molecule has 1 N–H and O–H groups in total. The van der Waals surface area contributed by atoms with Gasteiger partial charge in [0.1, 0.15) is 11.5 Å². The summed E-state index contributed by atoms with van der Waals surface area (Å²) < 4.78 is 16.1. The normalized spacial score (nSPS) is 10.9. The Bertz CT molecular complexity index is 1390. The molecule has 0 aliphatic heterocycles. The van der Waals surface area contributed by atoms with Gasteiger partial charge in [-0.1, -0.05) is 41.9 Å². The molecule has 0 unspecified atom stereocenters. The molecule has 0 saturated heterocycles. The number of halogens is 1. The predicted molar refractivity (Wildman–Crippen MR) is 156 cm³/mol. The van der Waals surface area contributed by atoms with Crippen LogP contribution in [0.15, 0.2) is 79.0 Å². The lowest BCUT2D eigenvalue weighted by molar-refractivity contribution is -0.142. The lowest BCUT2D eigenvalue weighted by Crippen LogP contribution is -2.46. The van der Waals surface area contributed by atoms with Gasteiger partial charge in [-0.3, -0.25) is 9.59 Å². The third-order valence-corrected chi connectivity index (χ3v) is 6.88. The first-order valence-electron chi connectivity index (χ1n) is 13.1. The minimum atomic E-state index is -0.304. The first-order chi connectivity index (χ1) is 19.5. The predicted octanol–water partition coefficient (Wildman–Crippen LogP) is 4.96. The molecule has 0 aliphatic rings. The number of carbonyl (C=O) groups is 2. The molecule has 0 spiro atoms. The number of carbonyl (C=O) groups excluding carboxylic acids is 2. The molecule has 0 bridgehead atoms. The Morgan fingerprint density at radius 3 is 2.30 bits per heavy atom. The second kappa shape index (κ2) is 14.4. The van der Waals surface area contributed by atoms with Gasteiger partial charge in [-0.25, -0.2) is 0 Å². The van der Waals surface area contributed by atoms with E-state index in [4.69, 9.17) is 25.8 Å². The molecule has 1 heterocycles. The number of amides is 2. The minimum absolute atomic E-state index is 0.0871. The maximum absolute atomic E-state index is 13.7. The van der Waals surface area contributed by atoms with Gasteiger partial charge in [0.15, 0.2) is 6.61 Å². The Morgan fingerprint density at radius 2 is 1.57 bits per heavy atom. The van der Waals surface area contributed by atoms with Crippen molar-refractivity contribution in [3.63, 3.8) is 0 Å². The van der Waals surface area contributed by atoms with Gasteiger partial charge in [-0.2, -0.15) is 0 Å². The third kappa shape index (κ3) is 8.00. The van der Waals surface area contributed by atoms with Crippen LogP contribution in [-0.2, 0) is 27.3 Å². The van der Waals surface area contributed by atoms with Crippen molar-refractivity contribution >= 4 is 34.3 Å². The van der Waals surface area contributed by atoms with E-state index >= 15 is 0 Å². The van der Waals surface area contributed by atoms with Gasteiger partial charge >= 0.3 is 0 Å². The molecule has 0 fully saturated rings. The number of nitrogens with one attached hydrogen (secondary N) is 1. The number of fused-ring (bicyclic) bond motifs is 1. The first kappa shape index (κ1) is 29.0. The van der Waals surface area contributed by atoms with Crippen LogP contribution in [0.4, 0.5) is 0 Å². The summed E-state index contributed by atoms with van der Waals surface area (Å²) in [5.74, 6) is 0.807. The van der Waals surface area contributed by atoms with E-state index in [2.05, 4.69) is 11.1 Å². The average molecular weight is 564 g/mol. The summed E-state index contributed by atoms with van der Waals surface area (Å²) in [5.41, 5.74) is 3.16. The van der Waals surface area contributed by atoms with Crippen molar-refractivity contribution in [2.45, 2.75) is 13.0 Å². The van der Waals surface area contributed by atoms with Crippen molar-refractivity contribution < 1.29 is 23.8 Å².